The summed E-state index contributed by atoms with van der Waals surface area (Å²) in [7, 11) is -2.23. The van der Waals surface area contributed by atoms with Crippen LogP contribution in [0.4, 0.5) is 5.69 Å². The van der Waals surface area contributed by atoms with Crippen molar-refractivity contribution in [3.8, 4) is 5.75 Å². The Morgan fingerprint density at radius 1 is 1.08 bits per heavy atom. The van der Waals surface area contributed by atoms with Crippen molar-refractivity contribution in [3.63, 3.8) is 0 Å². The van der Waals surface area contributed by atoms with Gasteiger partial charge in [-0.2, -0.15) is 0 Å². The van der Waals surface area contributed by atoms with E-state index in [0.29, 0.717) is 30.3 Å². The Kier molecular flexibility index (Phi) is 13.3. The molecule has 0 fully saturated rings. The first-order valence-electron chi connectivity index (χ1n) is 16.3. The van der Waals surface area contributed by atoms with Gasteiger partial charge in [-0.05, 0) is 81.1 Å². The molecule has 0 radical (unpaired) electrons. The summed E-state index contributed by atoms with van der Waals surface area (Å²) in [6.07, 6.45) is 1.95. The summed E-state index contributed by atoms with van der Waals surface area (Å²) >= 11 is 5.95. The van der Waals surface area contributed by atoms with Gasteiger partial charge in [-0.3, -0.25) is 14.3 Å². The largest absolute Gasteiger partial charge is 0.490 e. The van der Waals surface area contributed by atoms with Crippen molar-refractivity contribution < 1.29 is 32.6 Å². The summed E-state index contributed by atoms with van der Waals surface area (Å²) in [5, 5.41) is 10.6. The molecule has 10 nitrogen and oxygen atoms in total. The highest BCUT2D eigenvalue weighted by molar-refractivity contribution is 7.92. The molecule has 48 heavy (non-hydrogen) atoms. The molecule has 2 N–H and O–H groups in total. The van der Waals surface area contributed by atoms with Gasteiger partial charge in [0.1, 0.15) is 5.75 Å². The number of likely N-dealkylation sites (N-methyl/N-ethyl adjacent to an activating group) is 1. The van der Waals surface area contributed by atoms with Crippen LogP contribution in [0.25, 0.3) is 0 Å². The number of aliphatic hydroxyl groups is 1. The molecule has 1 aliphatic heterocycles. The van der Waals surface area contributed by atoms with Crippen molar-refractivity contribution in [1.82, 2.24) is 9.80 Å². The van der Waals surface area contributed by atoms with Gasteiger partial charge in [0.25, 0.3) is 15.9 Å². The molecule has 0 unspecified atom stereocenters. The van der Waals surface area contributed by atoms with Gasteiger partial charge in [-0.15, -0.1) is 0 Å². The molecule has 0 aromatic heterocycles. The van der Waals surface area contributed by atoms with Crippen LogP contribution >= 0.6 is 11.6 Å². The topological polar surface area (TPSA) is 125 Å². The Bertz CT molecular complexity index is 1620. The molecule has 4 atom stereocenters. The van der Waals surface area contributed by atoms with E-state index in [1.54, 1.807) is 35.9 Å². The van der Waals surface area contributed by atoms with E-state index in [2.05, 4.69) is 4.72 Å². The van der Waals surface area contributed by atoms with Crippen molar-refractivity contribution in [1.29, 1.82) is 0 Å². The molecule has 12 heteroatoms. The van der Waals surface area contributed by atoms with Gasteiger partial charge in [0.15, 0.2) is 0 Å². The van der Waals surface area contributed by atoms with Crippen LogP contribution in [0.2, 0.25) is 5.02 Å². The monoisotopic (exact) mass is 699 g/mol. The fourth-order valence-electron chi connectivity index (χ4n) is 5.55. The SMILES string of the molecule is C[C@@H]1CCCCO[C@@H](CN(C)C(=O)Cc2ccccc2)[C@@H](C)CN([C@H](C)CO)C(=O)c2cc(NS(=O)(=O)c3ccc(Cl)cc3)ccc2O1. The molecule has 0 saturated carbocycles. The van der Waals surface area contributed by atoms with E-state index < -0.39 is 22.0 Å². The highest BCUT2D eigenvalue weighted by Gasteiger charge is 2.31. The van der Waals surface area contributed by atoms with Crippen LogP contribution in [0.1, 0.15) is 56.0 Å². The van der Waals surface area contributed by atoms with Crippen molar-refractivity contribution in [2.75, 3.05) is 38.1 Å². The normalized spacial score (nSPS) is 20.2. The quantitative estimate of drug-likeness (QED) is 0.296. The van der Waals surface area contributed by atoms with Crippen molar-refractivity contribution in [2.45, 2.75) is 69.6 Å². The average Bonchev–Trinajstić information content (AvgIpc) is 3.06. The maximum Gasteiger partial charge on any atom is 0.261 e. The number of anilines is 1. The van der Waals surface area contributed by atoms with Crippen LogP contribution in [0, 0.1) is 5.92 Å². The van der Waals surface area contributed by atoms with Crippen LogP contribution in [0.5, 0.6) is 5.75 Å². The summed E-state index contributed by atoms with van der Waals surface area (Å²) in [4.78, 5) is 30.7. The zero-order chi connectivity index (χ0) is 34.8. The van der Waals surface area contributed by atoms with Crippen LogP contribution in [-0.2, 0) is 26.0 Å². The molecule has 1 aliphatic rings. The predicted octanol–water partition coefficient (Wildman–Crippen LogP) is 5.64. The maximum absolute atomic E-state index is 14.4. The molecule has 0 saturated heterocycles. The summed E-state index contributed by atoms with van der Waals surface area (Å²) in [5.74, 6) is -0.377. The number of hydrogen-bond acceptors (Lipinski definition) is 7. The number of amides is 2. The van der Waals surface area contributed by atoms with Crippen LogP contribution in [-0.4, -0.2) is 86.7 Å². The number of aliphatic hydroxyl groups excluding tert-OH is 1. The lowest BCUT2D eigenvalue weighted by atomic mass is 10.0. The number of carbonyl (C=O) groups is 2. The smallest absolute Gasteiger partial charge is 0.261 e. The summed E-state index contributed by atoms with van der Waals surface area (Å²) in [6, 6.07) is 19.4. The minimum atomic E-state index is -3.99. The van der Waals surface area contributed by atoms with E-state index in [0.717, 1.165) is 18.4 Å². The molecule has 0 bridgehead atoms. The highest BCUT2D eigenvalue weighted by atomic mass is 35.5. The van der Waals surface area contributed by atoms with Gasteiger partial charge in [-0.1, -0.05) is 48.9 Å². The van der Waals surface area contributed by atoms with Crippen LogP contribution in [0.15, 0.2) is 77.7 Å². The zero-order valence-corrected chi connectivity index (χ0v) is 29.5. The second-order valence-electron chi connectivity index (χ2n) is 12.5. The first-order valence-corrected chi connectivity index (χ1v) is 18.1. The molecule has 3 aromatic carbocycles. The van der Waals surface area contributed by atoms with Crippen molar-refractivity contribution in [3.05, 3.63) is 88.9 Å². The van der Waals surface area contributed by atoms with Crippen LogP contribution < -0.4 is 9.46 Å². The van der Waals surface area contributed by atoms with E-state index in [1.807, 2.05) is 44.2 Å². The molecule has 1 heterocycles. The third kappa shape index (κ3) is 10.2. The second kappa shape index (κ2) is 17.1. The second-order valence-corrected chi connectivity index (χ2v) is 14.6. The standard InChI is InChI=1S/C36H46ClN3O7S/c1-25-22-40(26(2)24-41)36(43)32-21-30(38-48(44,45)31-16-13-29(37)14-17-31)15-18-33(32)47-27(3)10-8-9-19-46-34(25)23-39(4)35(42)20-28-11-6-5-7-12-28/h5-7,11-18,21,25-27,34,38,41H,8-10,19-20,22-24H2,1-4H3/t25-,26+,27+,34-/m0/s1. The summed E-state index contributed by atoms with van der Waals surface area (Å²) in [6.45, 7) is 6.36. The number of sulfonamides is 1. The zero-order valence-electron chi connectivity index (χ0n) is 28.0. The van der Waals surface area contributed by atoms with E-state index in [-0.39, 0.29) is 59.8 Å². The Morgan fingerprint density at radius 3 is 2.48 bits per heavy atom. The van der Waals surface area contributed by atoms with Gasteiger partial charge in [0.05, 0.1) is 41.7 Å². The fraction of sp³-hybridized carbons (Fsp3) is 0.444. The number of halogens is 1. The van der Waals surface area contributed by atoms with Gasteiger partial charge in [-0.25, -0.2) is 8.42 Å². The Hall–Kier alpha value is -3.64. The van der Waals surface area contributed by atoms with Crippen LogP contribution in [0.3, 0.4) is 0 Å². The number of rotatable bonds is 9. The summed E-state index contributed by atoms with van der Waals surface area (Å²) in [5.41, 5.74) is 1.27. The lowest BCUT2D eigenvalue weighted by molar-refractivity contribution is -0.131. The van der Waals surface area contributed by atoms with E-state index in [4.69, 9.17) is 21.1 Å². The first kappa shape index (κ1) is 37.2. The van der Waals surface area contributed by atoms with Crippen molar-refractivity contribution in [2.24, 2.45) is 5.92 Å². The molecular weight excluding hydrogens is 654 g/mol. The molecule has 260 valence electrons. The average molecular weight is 700 g/mol. The lowest BCUT2D eigenvalue weighted by Crippen LogP contribution is -2.48. The Balaban J connectivity index is 1.63. The number of nitrogens with one attached hydrogen (secondary N) is 1. The van der Waals surface area contributed by atoms with Gasteiger partial charge >= 0.3 is 0 Å². The van der Waals surface area contributed by atoms with Gasteiger partial charge in [0.2, 0.25) is 5.91 Å². The maximum atomic E-state index is 14.4. The third-order valence-electron chi connectivity index (χ3n) is 8.51. The van der Waals surface area contributed by atoms with E-state index in [9.17, 15) is 23.1 Å². The molecular formula is C36H46ClN3O7S. The number of carbonyl (C=O) groups excluding carboxylic acids is 2. The van der Waals surface area contributed by atoms with Crippen molar-refractivity contribution >= 4 is 39.1 Å². The number of nitrogens with zero attached hydrogens (tertiary/aromatic N) is 2. The Labute approximate surface area is 289 Å². The van der Waals surface area contributed by atoms with E-state index >= 15 is 0 Å². The minimum Gasteiger partial charge on any atom is -0.490 e. The third-order valence-corrected chi connectivity index (χ3v) is 10.2. The number of fused-ring (bicyclic) bond motifs is 1. The molecule has 2 amide bonds. The molecule has 0 spiro atoms. The van der Waals surface area contributed by atoms with E-state index in [1.165, 1.54) is 30.3 Å². The number of hydrogen-bond donors (Lipinski definition) is 2. The number of benzene rings is 3. The molecule has 4 rings (SSSR count). The first-order chi connectivity index (χ1) is 22.9. The minimum absolute atomic E-state index is 0.0193. The lowest BCUT2D eigenvalue weighted by Gasteiger charge is -2.36. The Morgan fingerprint density at radius 2 is 1.79 bits per heavy atom. The fourth-order valence-corrected chi connectivity index (χ4v) is 6.73. The number of ether oxygens (including phenoxy) is 2. The predicted molar refractivity (Wildman–Crippen MR) is 187 cm³/mol. The van der Waals surface area contributed by atoms with Gasteiger partial charge in [0, 0.05) is 43.4 Å². The van der Waals surface area contributed by atoms with Gasteiger partial charge < -0.3 is 24.4 Å². The molecule has 0 aliphatic carbocycles. The summed E-state index contributed by atoms with van der Waals surface area (Å²) < 4.78 is 41.5. The molecule has 3 aromatic rings. The highest BCUT2D eigenvalue weighted by Crippen LogP contribution is 2.30.